The average Bonchev–Trinajstić information content (AvgIpc) is 2.29. The van der Waals surface area contributed by atoms with Crippen LogP contribution in [0, 0.1) is 0 Å². The van der Waals surface area contributed by atoms with Gasteiger partial charge in [-0.2, -0.15) is 0 Å². The highest BCUT2D eigenvalue weighted by atomic mass is 32.1. The molecule has 2 rings (SSSR count). The van der Waals surface area contributed by atoms with E-state index in [1.54, 1.807) is 0 Å². The van der Waals surface area contributed by atoms with Crippen molar-refractivity contribution in [2.45, 2.75) is 39.0 Å². The fourth-order valence-corrected chi connectivity index (χ4v) is 2.80. The smallest absolute Gasteiger partial charge is 0.0771 e. The van der Waals surface area contributed by atoms with Gasteiger partial charge in [0.25, 0.3) is 0 Å². The number of benzene rings is 1. The highest BCUT2D eigenvalue weighted by Crippen LogP contribution is 2.14. The third-order valence-corrected chi connectivity index (χ3v) is 3.45. The molecule has 104 valence electrons. The van der Waals surface area contributed by atoms with Crippen molar-refractivity contribution in [2.24, 2.45) is 5.73 Å². The summed E-state index contributed by atoms with van der Waals surface area (Å²) in [5.74, 6) is 0. The van der Waals surface area contributed by atoms with E-state index < -0.39 is 0 Å². The molecule has 0 amide bonds. The zero-order valence-electron chi connectivity index (χ0n) is 11.6. The molecule has 0 aromatic heterocycles. The van der Waals surface area contributed by atoms with Crippen molar-refractivity contribution in [3.05, 3.63) is 35.4 Å². The minimum Gasteiger partial charge on any atom is -0.393 e. The maximum atomic E-state index is 5.75. The van der Waals surface area contributed by atoms with E-state index in [-0.39, 0.29) is 0 Å². The van der Waals surface area contributed by atoms with Gasteiger partial charge in [0.15, 0.2) is 0 Å². The average molecular weight is 278 g/mol. The van der Waals surface area contributed by atoms with Gasteiger partial charge in [-0.05, 0) is 25.0 Å². The van der Waals surface area contributed by atoms with Crippen LogP contribution in [0.15, 0.2) is 24.3 Å². The largest absolute Gasteiger partial charge is 0.393 e. The molecule has 0 saturated carbocycles. The van der Waals surface area contributed by atoms with Gasteiger partial charge in [-0.3, -0.25) is 4.90 Å². The lowest BCUT2D eigenvalue weighted by Gasteiger charge is -2.35. The maximum Gasteiger partial charge on any atom is 0.0771 e. The monoisotopic (exact) mass is 278 g/mol. The van der Waals surface area contributed by atoms with E-state index in [1.165, 1.54) is 11.1 Å². The number of nitrogens with two attached hydrogens (primary N) is 1. The fourth-order valence-electron chi connectivity index (χ4n) is 2.64. The van der Waals surface area contributed by atoms with Gasteiger partial charge in [0, 0.05) is 26.1 Å². The van der Waals surface area contributed by atoms with Crippen LogP contribution in [-0.2, 0) is 17.7 Å². The number of ether oxygens (including phenoxy) is 1. The molecule has 1 aliphatic rings. The number of nitrogens with zero attached hydrogens (tertiary/aromatic N) is 1. The Labute approximate surface area is 120 Å². The SMILES string of the molecule is CC1CN(Cc2ccc(CC(N)=S)cc2)CC(C)O1. The second kappa shape index (κ2) is 6.46. The Hall–Kier alpha value is -0.970. The zero-order chi connectivity index (χ0) is 13.8. The molecular formula is C15H22N2OS. The third-order valence-electron chi connectivity index (χ3n) is 3.30. The van der Waals surface area contributed by atoms with E-state index >= 15 is 0 Å². The van der Waals surface area contributed by atoms with Crippen molar-refractivity contribution in [3.63, 3.8) is 0 Å². The van der Waals surface area contributed by atoms with Crippen LogP contribution in [0.25, 0.3) is 0 Å². The summed E-state index contributed by atoms with van der Waals surface area (Å²) in [6, 6.07) is 8.56. The Bertz CT molecular complexity index is 422. The van der Waals surface area contributed by atoms with Crippen molar-refractivity contribution in [1.29, 1.82) is 0 Å². The van der Waals surface area contributed by atoms with Gasteiger partial charge < -0.3 is 10.5 Å². The van der Waals surface area contributed by atoms with Gasteiger partial charge in [-0.25, -0.2) is 0 Å². The van der Waals surface area contributed by atoms with E-state index in [4.69, 9.17) is 22.7 Å². The molecule has 2 N–H and O–H groups in total. The van der Waals surface area contributed by atoms with Gasteiger partial charge in [-0.1, -0.05) is 36.5 Å². The molecule has 0 aliphatic carbocycles. The van der Waals surface area contributed by atoms with Gasteiger partial charge >= 0.3 is 0 Å². The number of rotatable bonds is 4. The molecule has 3 nitrogen and oxygen atoms in total. The van der Waals surface area contributed by atoms with Crippen molar-refractivity contribution >= 4 is 17.2 Å². The molecule has 1 aromatic rings. The summed E-state index contributed by atoms with van der Waals surface area (Å²) in [5.41, 5.74) is 8.06. The molecule has 1 saturated heterocycles. The van der Waals surface area contributed by atoms with Crippen molar-refractivity contribution in [1.82, 2.24) is 4.90 Å². The molecule has 0 spiro atoms. The first kappa shape index (κ1) is 14.4. The molecule has 0 radical (unpaired) electrons. The summed E-state index contributed by atoms with van der Waals surface area (Å²) < 4.78 is 5.75. The van der Waals surface area contributed by atoms with Crippen LogP contribution in [0.1, 0.15) is 25.0 Å². The Morgan fingerprint density at radius 2 is 1.74 bits per heavy atom. The van der Waals surface area contributed by atoms with E-state index in [2.05, 4.69) is 43.0 Å². The van der Waals surface area contributed by atoms with Crippen molar-refractivity contribution < 1.29 is 4.74 Å². The summed E-state index contributed by atoms with van der Waals surface area (Å²) >= 11 is 4.92. The van der Waals surface area contributed by atoms with Gasteiger partial charge in [0.05, 0.1) is 17.2 Å². The summed E-state index contributed by atoms with van der Waals surface area (Å²) in [6.07, 6.45) is 1.32. The lowest BCUT2D eigenvalue weighted by molar-refractivity contribution is -0.0704. The fraction of sp³-hybridized carbons (Fsp3) is 0.533. The van der Waals surface area contributed by atoms with Gasteiger partial charge in [-0.15, -0.1) is 0 Å². The molecule has 1 fully saturated rings. The predicted octanol–water partition coefficient (Wildman–Crippen LogP) is 2.12. The highest BCUT2D eigenvalue weighted by Gasteiger charge is 2.21. The summed E-state index contributed by atoms with van der Waals surface area (Å²) in [5, 5.41) is 0. The highest BCUT2D eigenvalue weighted by molar-refractivity contribution is 7.80. The Morgan fingerprint density at radius 1 is 1.21 bits per heavy atom. The number of thiocarbonyl (C=S) groups is 1. The second-order valence-corrected chi connectivity index (χ2v) is 5.94. The Morgan fingerprint density at radius 3 is 2.26 bits per heavy atom. The first-order valence-electron chi connectivity index (χ1n) is 6.77. The van der Waals surface area contributed by atoms with Crippen LogP contribution < -0.4 is 5.73 Å². The van der Waals surface area contributed by atoms with Crippen LogP contribution >= 0.6 is 12.2 Å². The van der Waals surface area contributed by atoms with Crippen LogP contribution in [0.3, 0.4) is 0 Å². The summed E-state index contributed by atoms with van der Waals surface area (Å²) in [7, 11) is 0. The maximum absolute atomic E-state index is 5.75. The summed E-state index contributed by atoms with van der Waals surface area (Å²) in [6.45, 7) is 7.24. The minimum atomic E-state index is 0.317. The molecule has 2 atom stereocenters. The molecule has 2 unspecified atom stereocenters. The summed E-state index contributed by atoms with van der Waals surface area (Å²) in [4.78, 5) is 2.99. The third kappa shape index (κ3) is 4.56. The topological polar surface area (TPSA) is 38.5 Å². The van der Waals surface area contributed by atoms with Crippen LogP contribution in [0.4, 0.5) is 0 Å². The van der Waals surface area contributed by atoms with Crippen LogP contribution in [0.5, 0.6) is 0 Å². The lowest BCUT2D eigenvalue weighted by Crippen LogP contribution is -2.44. The first-order valence-corrected chi connectivity index (χ1v) is 7.17. The second-order valence-electron chi connectivity index (χ2n) is 5.41. The van der Waals surface area contributed by atoms with Gasteiger partial charge in [0.1, 0.15) is 0 Å². The molecule has 1 heterocycles. The Kier molecular flexibility index (Phi) is 4.91. The normalized spacial score (nSPS) is 24.3. The zero-order valence-corrected chi connectivity index (χ0v) is 12.5. The van der Waals surface area contributed by atoms with E-state index in [0.717, 1.165) is 19.6 Å². The standard InChI is InChI=1S/C15H22N2OS/c1-11-8-17(9-12(2)18-11)10-14-5-3-13(4-6-14)7-15(16)19/h3-6,11-12H,7-10H2,1-2H3,(H2,16,19). The minimum absolute atomic E-state index is 0.317. The number of hydrogen-bond donors (Lipinski definition) is 1. The molecule has 4 heteroatoms. The molecule has 1 aliphatic heterocycles. The van der Waals surface area contributed by atoms with Crippen molar-refractivity contribution in [2.75, 3.05) is 13.1 Å². The van der Waals surface area contributed by atoms with Gasteiger partial charge in [0.2, 0.25) is 0 Å². The van der Waals surface area contributed by atoms with Crippen LogP contribution in [0.2, 0.25) is 0 Å². The number of morpholine rings is 1. The van der Waals surface area contributed by atoms with E-state index in [1.807, 2.05) is 0 Å². The van der Waals surface area contributed by atoms with Crippen LogP contribution in [-0.4, -0.2) is 35.2 Å². The van der Waals surface area contributed by atoms with E-state index in [0.29, 0.717) is 23.6 Å². The lowest BCUT2D eigenvalue weighted by atomic mass is 10.1. The van der Waals surface area contributed by atoms with E-state index in [9.17, 15) is 0 Å². The van der Waals surface area contributed by atoms with Crippen molar-refractivity contribution in [3.8, 4) is 0 Å². The molecule has 1 aromatic carbocycles. The molecular weight excluding hydrogens is 256 g/mol. The molecule has 0 bridgehead atoms. The molecule has 19 heavy (non-hydrogen) atoms. The Balaban J connectivity index is 1.93. The predicted molar refractivity (Wildman–Crippen MR) is 82.2 cm³/mol. The first-order chi connectivity index (χ1) is 9.02. The quantitative estimate of drug-likeness (QED) is 0.856. The number of hydrogen-bond acceptors (Lipinski definition) is 3.